The van der Waals surface area contributed by atoms with Crippen LogP contribution in [-0.4, -0.2) is 21.6 Å². The summed E-state index contributed by atoms with van der Waals surface area (Å²) in [6, 6.07) is 12.7. The van der Waals surface area contributed by atoms with Crippen LogP contribution in [0.4, 0.5) is 0 Å². The number of hydrogen-bond acceptors (Lipinski definition) is 4. The highest BCUT2D eigenvalue weighted by Crippen LogP contribution is 2.32. The van der Waals surface area contributed by atoms with Crippen LogP contribution in [-0.2, 0) is 15.8 Å². The number of fused-ring (bicyclic) bond motifs is 1. The molecule has 0 spiro atoms. The Bertz CT molecular complexity index is 833. The Balaban J connectivity index is 1.72. The van der Waals surface area contributed by atoms with Gasteiger partial charge in [-0.2, -0.15) is 0 Å². The molecule has 0 bridgehead atoms. The van der Waals surface area contributed by atoms with Crippen LogP contribution in [0.1, 0.15) is 29.7 Å². The van der Waals surface area contributed by atoms with Gasteiger partial charge in [-0.25, -0.2) is 13.1 Å². The summed E-state index contributed by atoms with van der Waals surface area (Å²) >= 11 is 0. The fraction of sp³-hybridized carbons (Fsp3) is 0.333. The highest BCUT2D eigenvalue weighted by atomic mass is 32.2. The zero-order chi connectivity index (χ0) is 17.2. The minimum absolute atomic E-state index is 0.0381. The number of ether oxygens (including phenoxy) is 2. The molecular weight excluding hydrogens is 326 g/mol. The van der Waals surface area contributed by atoms with E-state index < -0.39 is 10.0 Å². The second-order valence-electron chi connectivity index (χ2n) is 5.99. The van der Waals surface area contributed by atoms with Gasteiger partial charge in [0, 0.05) is 6.04 Å². The predicted octanol–water partition coefficient (Wildman–Crippen LogP) is 2.95. The molecule has 0 saturated heterocycles. The van der Waals surface area contributed by atoms with Crippen molar-refractivity contribution >= 4 is 10.0 Å². The lowest BCUT2D eigenvalue weighted by Crippen LogP contribution is -2.28. The summed E-state index contributed by atoms with van der Waals surface area (Å²) in [5.74, 6) is 1.31. The minimum Gasteiger partial charge on any atom is -0.486 e. The van der Waals surface area contributed by atoms with E-state index in [4.69, 9.17) is 9.47 Å². The van der Waals surface area contributed by atoms with Crippen molar-refractivity contribution < 1.29 is 17.9 Å². The molecule has 0 amide bonds. The van der Waals surface area contributed by atoms with Crippen LogP contribution in [0.25, 0.3) is 0 Å². The molecule has 0 radical (unpaired) electrons. The smallest absolute Gasteiger partial charge is 0.216 e. The van der Waals surface area contributed by atoms with Crippen molar-refractivity contribution in [1.82, 2.24) is 4.72 Å². The lowest BCUT2D eigenvalue weighted by atomic mass is 10.1. The third-order valence-corrected chi connectivity index (χ3v) is 5.29. The fourth-order valence-electron chi connectivity index (χ4n) is 2.73. The molecule has 1 heterocycles. The third-order valence-electron chi connectivity index (χ3n) is 3.86. The fourth-order valence-corrected chi connectivity index (χ4v) is 4.11. The molecule has 6 heteroatoms. The number of hydrogen-bond donors (Lipinski definition) is 1. The Morgan fingerprint density at radius 2 is 1.83 bits per heavy atom. The van der Waals surface area contributed by atoms with E-state index in [2.05, 4.69) is 4.72 Å². The van der Waals surface area contributed by atoms with E-state index >= 15 is 0 Å². The largest absolute Gasteiger partial charge is 0.486 e. The molecule has 1 unspecified atom stereocenters. The molecule has 1 N–H and O–H groups in total. The summed E-state index contributed by atoms with van der Waals surface area (Å²) in [6.45, 7) is 4.80. The second-order valence-corrected chi connectivity index (χ2v) is 7.74. The molecule has 0 aromatic heterocycles. The number of nitrogens with one attached hydrogen (secondary N) is 1. The van der Waals surface area contributed by atoms with Crippen molar-refractivity contribution in [3.63, 3.8) is 0 Å². The first-order valence-corrected chi connectivity index (χ1v) is 9.53. The van der Waals surface area contributed by atoms with Crippen molar-refractivity contribution in [2.24, 2.45) is 0 Å². The van der Waals surface area contributed by atoms with Crippen LogP contribution in [0, 0.1) is 6.92 Å². The normalized spacial score (nSPS) is 15.1. The van der Waals surface area contributed by atoms with E-state index in [1.807, 2.05) is 56.3 Å². The first kappa shape index (κ1) is 16.8. The molecule has 1 aliphatic rings. The summed E-state index contributed by atoms with van der Waals surface area (Å²) in [5, 5.41) is 0. The molecule has 0 saturated carbocycles. The van der Waals surface area contributed by atoms with Gasteiger partial charge in [-0.15, -0.1) is 0 Å². The Morgan fingerprint density at radius 1 is 1.08 bits per heavy atom. The summed E-state index contributed by atoms with van der Waals surface area (Å²) in [5.41, 5.74) is 2.66. The lowest BCUT2D eigenvalue weighted by molar-refractivity contribution is 0.171. The monoisotopic (exact) mass is 347 g/mol. The topological polar surface area (TPSA) is 64.6 Å². The van der Waals surface area contributed by atoms with Gasteiger partial charge in [-0.3, -0.25) is 0 Å². The Kier molecular flexibility index (Phi) is 4.78. The predicted molar refractivity (Wildman–Crippen MR) is 92.8 cm³/mol. The van der Waals surface area contributed by atoms with Crippen molar-refractivity contribution in [2.75, 3.05) is 13.2 Å². The van der Waals surface area contributed by atoms with Crippen LogP contribution >= 0.6 is 0 Å². The number of sulfonamides is 1. The summed E-state index contributed by atoms with van der Waals surface area (Å²) in [7, 11) is -3.44. The molecule has 0 aliphatic carbocycles. The van der Waals surface area contributed by atoms with Gasteiger partial charge in [0.15, 0.2) is 11.5 Å². The molecular formula is C18H21NO4S. The van der Waals surface area contributed by atoms with Crippen LogP contribution in [0.15, 0.2) is 42.5 Å². The van der Waals surface area contributed by atoms with Gasteiger partial charge in [-0.1, -0.05) is 35.9 Å². The van der Waals surface area contributed by atoms with Gasteiger partial charge in [0.25, 0.3) is 0 Å². The second kappa shape index (κ2) is 6.83. The first-order valence-electron chi connectivity index (χ1n) is 7.88. The zero-order valence-corrected chi connectivity index (χ0v) is 14.6. The maximum atomic E-state index is 12.4. The van der Waals surface area contributed by atoms with Gasteiger partial charge in [0.05, 0.1) is 5.75 Å². The summed E-state index contributed by atoms with van der Waals surface area (Å²) < 4.78 is 38.6. The van der Waals surface area contributed by atoms with E-state index in [0.29, 0.717) is 24.7 Å². The van der Waals surface area contributed by atoms with E-state index in [1.54, 1.807) is 0 Å². The van der Waals surface area contributed by atoms with Crippen LogP contribution < -0.4 is 14.2 Å². The summed E-state index contributed by atoms with van der Waals surface area (Å²) in [4.78, 5) is 0. The molecule has 128 valence electrons. The average molecular weight is 347 g/mol. The van der Waals surface area contributed by atoms with Crippen molar-refractivity contribution in [3.05, 3.63) is 59.2 Å². The van der Waals surface area contributed by atoms with Crippen LogP contribution in [0.3, 0.4) is 0 Å². The van der Waals surface area contributed by atoms with E-state index in [9.17, 15) is 8.42 Å². The quantitative estimate of drug-likeness (QED) is 0.903. The maximum absolute atomic E-state index is 12.4. The number of aryl methyl sites for hydroxylation is 1. The Labute approximate surface area is 142 Å². The molecule has 5 nitrogen and oxygen atoms in total. The van der Waals surface area contributed by atoms with Crippen molar-refractivity contribution in [3.8, 4) is 11.5 Å². The van der Waals surface area contributed by atoms with Gasteiger partial charge < -0.3 is 9.47 Å². The molecule has 24 heavy (non-hydrogen) atoms. The van der Waals surface area contributed by atoms with Crippen LogP contribution in [0.2, 0.25) is 0 Å². The Morgan fingerprint density at radius 3 is 2.58 bits per heavy atom. The standard InChI is InChI=1S/C18H21NO4S/c1-13-4-3-5-15(10-13)12-24(20,21)19-14(2)16-6-7-17-18(11-16)23-9-8-22-17/h3-7,10-11,14,19H,8-9,12H2,1-2H3. The first-order chi connectivity index (χ1) is 11.4. The van der Waals surface area contributed by atoms with E-state index in [0.717, 1.165) is 16.7 Å². The molecule has 2 aromatic rings. The highest BCUT2D eigenvalue weighted by Gasteiger charge is 2.19. The minimum atomic E-state index is -3.44. The van der Waals surface area contributed by atoms with E-state index in [1.165, 1.54) is 0 Å². The van der Waals surface area contributed by atoms with Gasteiger partial charge in [0.1, 0.15) is 13.2 Å². The molecule has 2 aromatic carbocycles. The summed E-state index contributed by atoms with van der Waals surface area (Å²) in [6.07, 6.45) is 0. The van der Waals surface area contributed by atoms with Crippen molar-refractivity contribution in [2.45, 2.75) is 25.6 Å². The maximum Gasteiger partial charge on any atom is 0.216 e. The van der Waals surface area contributed by atoms with Crippen molar-refractivity contribution in [1.29, 1.82) is 0 Å². The van der Waals surface area contributed by atoms with Crippen LogP contribution in [0.5, 0.6) is 11.5 Å². The molecule has 3 rings (SSSR count). The third kappa shape index (κ3) is 4.07. The molecule has 0 fully saturated rings. The number of rotatable bonds is 5. The van der Waals surface area contributed by atoms with E-state index in [-0.39, 0.29) is 11.8 Å². The lowest BCUT2D eigenvalue weighted by Gasteiger charge is -2.21. The Hall–Kier alpha value is -2.05. The zero-order valence-electron chi connectivity index (χ0n) is 13.8. The average Bonchev–Trinajstić information content (AvgIpc) is 2.53. The molecule has 1 atom stereocenters. The van der Waals surface area contributed by atoms with Gasteiger partial charge >= 0.3 is 0 Å². The number of benzene rings is 2. The molecule has 1 aliphatic heterocycles. The van der Waals surface area contributed by atoms with Gasteiger partial charge in [-0.05, 0) is 37.1 Å². The van der Waals surface area contributed by atoms with Gasteiger partial charge in [0.2, 0.25) is 10.0 Å². The SMILES string of the molecule is Cc1cccc(CS(=O)(=O)NC(C)c2ccc3c(c2)OCCO3)c1. The highest BCUT2D eigenvalue weighted by molar-refractivity contribution is 7.88.